The second-order valence-corrected chi connectivity index (χ2v) is 7.60. The van der Waals surface area contributed by atoms with Gasteiger partial charge in [-0.15, -0.1) is 0 Å². The van der Waals surface area contributed by atoms with Gasteiger partial charge in [-0.05, 0) is 62.5 Å². The maximum absolute atomic E-state index is 11.3. The van der Waals surface area contributed by atoms with Gasteiger partial charge < -0.3 is 19.7 Å². The molecule has 3 aromatic rings. The molecule has 0 bridgehead atoms. The number of carboxylic acid groups (broad SMARTS) is 1. The number of hydrogen-bond acceptors (Lipinski definition) is 4. The van der Waals surface area contributed by atoms with Crippen molar-refractivity contribution in [2.75, 3.05) is 0 Å². The van der Waals surface area contributed by atoms with Crippen LogP contribution < -0.4 is 5.32 Å². The molecule has 0 amide bonds. The summed E-state index contributed by atoms with van der Waals surface area (Å²) in [4.78, 5) is 17.9. The lowest BCUT2D eigenvalue weighted by molar-refractivity contribution is 0.0697. The number of carboxylic acids is 1. The highest BCUT2D eigenvalue weighted by atomic mass is 32.1. The Kier molecular flexibility index (Phi) is 5.07. The van der Waals surface area contributed by atoms with E-state index in [1.807, 2.05) is 36.4 Å². The molecule has 0 radical (unpaired) electrons. The molecule has 4 rings (SSSR count). The highest BCUT2D eigenvalue weighted by Gasteiger charge is 2.42. The van der Waals surface area contributed by atoms with Gasteiger partial charge in [0.15, 0.2) is 5.11 Å². The molecule has 1 aliphatic heterocycles. The Bertz CT molecular complexity index is 1050. The van der Waals surface area contributed by atoms with E-state index in [1.165, 1.54) is 0 Å². The van der Waals surface area contributed by atoms with Crippen LogP contribution in [0.1, 0.15) is 47.7 Å². The van der Waals surface area contributed by atoms with Gasteiger partial charge in [-0.25, -0.2) is 4.79 Å². The van der Waals surface area contributed by atoms with Crippen molar-refractivity contribution < 1.29 is 14.3 Å². The van der Waals surface area contributed by atoms with E-state index in [4.69, 9.17) is 16.6 Å². The molecule has 0 spiro atoms. The maximum atomic E-state index is 11.3. The second-order valence-electron chi connectivity index (χ2n) is 7.22. The molecule has 1 saturated heterocycles. The molecule has 1 aliphatic rings. The van der Waals surface area contributed by atoms with Crippen molar-refractivity contribution in [1.29, 1.82) is 0 Å². The summed E-state index contributed by atoms with van der Waals surface area (Å²) >= 11 is 5.60. The van der Waals surface area contributed by atoms with Crippen molar-refractivity contribution in [3.63, 3.8) is 0 Å². The average molecular weight is 407 g/mol. The number of carbonyl (C=O) groups is 1. The number of nitrogens with one attached hydrogen (secondary N) is 1. The number of benzene rings is 1. The fourth-order valence-corrected chi connectivity index (χ4v) is 4.15. The largest absolute Gasteiger partial charge is 0.478 e. The van der Waals surface area contributed by atoms with E-state index in [-0.39, 0.29) is 23.7 Å². The molecular formula is C22H21N3O3S. The minimum atomic E-state index is -0.967. The Morgan fingerprint density at radius 1 is 1.21 bits per heavy atom. The summed E-state index contributed by atoms with van der Waals surface area (Å²) in [6.07, 6.45) is 1.76. The lowest BCUT2D eigenvalue weighted by Crippen LogP contribution is -2.35. The number of pyridine rings is 1. The summed E-state index contributed by atoms with van der Waals surface area (Å²) in [7, 11) is 0. The first-order valence-electron chi connectivity index (χ1n) is 9.39. The summed E-state index contributed by atoms with van der Waals surface area (Å²) < 4.78 is 6.21. The summed E-state index contributed by atoms with van der Waals surface area (Å²) in [5.41, 5.74) is 1.82. The van der Waals surface area contributed by atoms with Crippen molar-refractivity contribution in [3.05, 3.63) is 77.8 Å². The zero-order valence-corrected chi connectivity index (χ0v) is 16.9. The highest BCUT2D eigenvalue weighted by molar-refractivity contribution is 7.80. The Morgan fingerprint density at radius 2 is 2.03 bits per heavy atom. The molecule has 0 unspecified atom stereocenters. The van der Waals surface area contributed by atoms with Crippen molar-refractivity contribution in [2.24, 2.45) is 0 Å². The third kappa shape index (κ3) is 3.61. The van der Waals surface area contributed by atoms with Crippen molar-refractivity contribution >= 4 is 23.3 Å². The molecule has 6 nitrogen and oxygen atoms in total. The zero-order valence-electron chi connectivity index (χ0n) is 16.1. The monoisotopic (exact) mass is 407 g/mol. The van der Waals surface area contributed by atoms with Crippen LogP contribution in [0.15, 0.2) is 65.2 Å². The molecule has 0 saturated carbocycles. The van der Waals surface area contributed by atoms with Crippen LogP contribution in [0.4, 0.5) is 0 Å². The van der Waals surface area contributed by atoms with Crippen LogP contribution in [-0.4, -0.2) is 32.1 Å². The van der Waals surface area contributed by atoms with Gasteiger partial charge in [-0.2, -0.15) is 0 Å². The van der Waals surface area contributed by atoms with E-state index in [9.17, 15) is 9.90 Å². The first kappa shape index (κ1) is 19.1. The Hall–Kier alpha value is -3.19. The van der Waals surface area contributed by atoms with Crippen molar-refractivity contribution in [3.8, 4) is 11.3 Å². The quantitative estimate of drug-likeness (QED) is 0.606. The van der Waals surface area contributed by atoms with Crippen LogP contribution in [-0.2, 0) is 0 Å². The number of thiocarbonyl (C=S) groups is 1. The van der Waals surface area contributed by atoms with Gasteiger partial charge in [0.1, 0.15) is 17.6 Å². The first-order chi connectivity index (χ1) is 14.0. The lowest BCUT2D eigenvalue weighted by atomic mass is 10.0. The van der Waals surface area contributed by atoms with Gasteiger partial charge in [0, 0.05) is 17.8 Å². The van der Waals surface area contributed by atoms with Gasteiger partial charge in [-0.1, -0.05) is 18.2 Å². The second kappa shape index (κ2) is 7.67. The van der Waals surface area contributed by atoms with Gasteiger partial charge in [0.2, 0.25) is 0 Å². The third-order valence-electron chi connectivity index (χ3n) is 5.00. The number of nitrogens with zero attached hydrogens (tertiary/aromatic N) is 2. The topological polar surface area (TPSA) is 78.6 Å². The highest BCUT2D eigenvalue weighted by Crippen LogP contribution is 2.41. The molecule has 2 N–H and O–H groups in total. The number of aromatic carboxylic acids is 1. The van der Waals surface area contributed by atoms with Gasteiger partial charge in [-0.3, -0.25) is 4.98 Å². The molecule has 0 aliphatic carbocycles. The van der Waals surface area contributed by atoms with Crippen LogP contribution in [0.3, 0.4) is 0 Å². The average Bonchev–Trinajstić information content (AvgIpc) is 3.33. The summed E-state index contributed by atoms with van der Waals surface area (Å²) in [6, 6.07) is 16.2. The molecule has 29 heavy (non-hydrogen) atoms. The number of hydrogen-bond donors (Lipinski definition) is 2. The van der Waals surface area contributed by atoms with Crippen molar-refractivity contribution in [1.82, 2.24) is 15.2 Å². The predicted octanol–water partition coefficient (Wildman–Crippen LogP) is 4.42. The predicted molar refractivity (Wildman–Crippen MR) is 114 cm³/mol. The van der Waals surface area contributed by atoms with Crippen LogP contribution >= 0.6 is 12.2 Å². The number of aromatic nitrogens is 1. The lowest BCUT2D eigenvalue weighted by Gasteiger charge is -2.29. The molecule has 148 valence electrons. The SMILES string of the molecule is CC(C)N1C(=S)N[C@@H](c2ccccn2)[C@@H]1c1ccc(-c2cccc(C(=O)O)c2)o1. The molecule has 1 fully saturated rings. The van der Waals surface area contributed by atoms with Gasteiger partial charge in [0.25, 0.3) is 0 Å². The van der Waals surface area contributed by atoms with E-state index in [1.54, 1.807) is 24.4 Å². The van der Waals surface area contributed by atoms with Crippen LogP contribution in [0.25, 0.3) is 11.3 Å². The van der Waals surface area contributed by atoms with Crippen LogP contribution in [0.5, 0.6) is 0 Å². The van der Waals surface area contributed by atoms with E-state index >= 15 is 0 Å². The molecule has 3 heterocycles. The first-order valence-corrected chi connectivity index (χ1v) is 9.79. The summed E-state index contributed by atoms with van der Waals surface area (Å²) in [6.45, 7) is 4.17. The number of rotatable bonds is 5. The fraction of sp³-hybridized carbons (Fsp3) is 0.227. The molecule has 2 aromatic heterocycles. The van der Waals surface area contributed by atoms with Crippen molar-refractivity contribution in [2.45, 2.75) is 32.0 Å². The molecular weight excluding hydrogens is 386 g/mol. The molecule has 7 heteroatoms. The third-order valence-corrected chi connectivity index (χ3v) is 5.33. The minimum Gasteiger partial charge on any atom is -0.478 e. The summed E-state index contributed by atoms with van der Waals surface area (Å²) in [5.74, 6) is 0.395. The Balaban J connectivity index is 1.74. The van der Waals surface area contributed by atoms with E-state index < -0.39 is 5.97 Å². The van der Waals surface area contributed by atoms with Crippen LogP contribution in [0.2, 0.25) is 0 Å². The molecule has 2 atom stereocenters. The van der Waals surface area contributed by atoms with Gasteiger partial charge in [0.05, 0.1) is 17.3 Å². The van der Waals surface area contributed by atoms with E-state index in [2.05, 4.69) is 29.0 Å². The Morgan fingerprint density at radius 3 is 2.72 bits per heavy atom. The van der Waals surface area contributed by atoms with Crippen LogP contribution in [0, 0.1) is 0 Å². The fourth-order valence-electron chi connectivity index (χ4n) is 3.70. The zero-order chi connectivity index (χ0) is 20.5. The standard InChI is InChI=1S/C22H21N3O3S/c1-13(2)25-20(19(24-22(25)29)16-8-3-4-11-23-16)18-10-9-17(28-18)14-6-5-7-15(12-14)21(26)27/h3-13,19-20H,1-2H3,(H,24,29)(H,26,27)/t19-,20-/m0/s1. The smallest absolute Gasteiger partial charge is 0.335 e. The maximum Gasteiger partial charge on any atom is 0.335 e. The van der Waals surface area contributed by atoms with E-state index in [0.717, 1.165) is 17.0 Å². The Labute approximate surface area is 174 Å². The normalized spacial score (nSPS) is 18.9. The van der Waals surface area contributed by atoms with Gasteiger partial charge >= 0.3 is 5.97 Å². The number of furan rings is 1. The summed E-state index contributed by atoms with van der Waals surface area (Å²) in [5, 5.41) is 13.3. The van der Waals surface area contributed by atoms with E-state index in [0.29, 0.717) is 10.9 Å². The molecule has 1 aromatic carbocycles. The minimum absolute atomic E-state index is 0.143.